The normalized spacial score (nSPS) is 12.8. The van der Waals surface area contributed by atoms with Gasteiger partial charge in [-0.2, -0.15) is 0 Å². The Kier molecular flexibility index (Phi) is 65.4. The van der Waals surface area contributed by atoms with E-state index in [1.807, 2.05) is 6.08 Å². The Bertz CT molecular complexity index is 1310. The van der Waals surface area contributed by atoms with Gasteiger partial charge < -0.3 is 20.3 Å². The third-order valence-corrected chi connectivity index (χ3v) is 16.1. The summed E-state index contributed by atoms with van der Waals surface area (Å²) in [5.74, 6) is -0.0620. The highest BCUT2D eigenvalue weighted by Crippen LogP contribution is 2.17. The van der Waals surface area contributed by atoms with Crippen LogP contribution in [0.2, 0.25) is 0 Å². The maximum Gasteiger partial charge on any atom is 0.305 e. The summed E-state index contributed by atoms with van der Waals surface area (Å²) < 4.78 is 5.50. The Hall–Kier alpha value is -2.18. The van der Waals surface area contributed by atoms with Crippen LogP contribution in [0.3, 0.4) is 0 Å². The first kappa shape index (κ1) is 75.8. The number of allylic oxidation sites excluding steroid dienone is 7. The molecule has 0 heterocycles. The van der Waals surface area contributed by atoms with Crippen molar-refractivity contribution >= 4 is 11.9 Å². The van der Waals surface area contributed by atoms with Crippen LogP contribution in [0.1, 0.15) is 373 Å². The summed E-state index contributed by atoms with van der Waals surface area (Å²) in [5.41, 5.74) is 0. The first-order valence-electron chi connectivity index (χ1n) is 34.9. The summed E-state index contributed by atoms with van der Waals surface area (Å²) in [7, 11) is 0. The molecule has 0 aromatic heterocycles. The van der Waals surface area contributed by atoms with Gasteiger partial charge in [0, 0.05) is 12.8 Å². The van der Waals surface area contributed by atoms with Gasteiger partial charge in [-0.25, -0.2) is 0 Å². The van der Waals surface area contributed by atoms with Crippen LogP contribution in [0, 0.1) is 0 Å². The van der Waals surface area contributed by atoms with Crippen molar-refractivity contribution in [1.82, 2.24) is 5.32 Å². The number of amides is 1. The Morgan fingerprint density at radius 3 is 0.987 bits per heavy atom. The van der Waals surface area contributed by atoms with Gasteiger partial charge in [0.1, 0.15) is 0 Å². The first-order chi connectivity index (χ1) is 38.5. The van der Waals surface area contributed by atoms with Crippen molar-refractivity contribution in [3.8, 4) is 0 Å². The fraction of sp³-hybridized carbons (Fsp3) is 0.861. The molecule has 0 bridgehead atoms. The average Bonchev–Trinajstić information content (AvgIpc) is 3.44. The standard InChI is InChI=1S/C72H135NO5/c1-3-5-7-9-11-13-15-17-19-21-34-38-42-46-50-54-58-62-66-72(77)78-67-63-59-55-51-47-43-39-35-32-30-28-26-24-22-23-25-27-29-31-33-37-41-45-49-53-57-61-65-71(76)73-69(68-74)70(75)64-60-56-52-48-44-40-36-20-18-16-14-12-10-8-6-4-2/h19,21-23,26,28,60,64,69-70,74-75H,3-18,20,24-25,27,29-59,61-63,65-68H2,1-2H3,(H,73,76)/b21-19-,23-22-,28-26-,64-60+. The quantitative estimate of drug-likeness (QED) is 0.0320. The zero-order valence-corrected chi connectivity index (χ0v) is 52.4. The molecular formula is C72H135NO5. The Labute approximate surface area is 486 Å². The molecule has 2 atom stereocenters. The van der Waals surface area contributed by atoms with Crippen molar-refractivity contribution in [2.24, 2.45) is 0 Å². The molecule has 2 unspecified atom stereocenters. The summed E-state index contributed by atoms with van der Waals surface area (Å²) in [5, 5.41) is 23.2. The molecule has 0 saturated heterocycles. The predicted octanol–water partition coefficient (Wildman–Crippen LogP) is 22.5. The predicted molar refractivity (Wildman–Crippen MR) is 342 cm³/mol. The lowest BCUT2D eigenvalue weighted by atomic mass is 10.0. The van der Waals surface area contributed by atoms with Crippen molar-refractivity contribution in [3.05, 3.63) is 48.6 Å². The summed E-state index contributed by atoms with van der Waals surface area (Å²) >= 11 is 0. The monoisotopic (exact) mass is 1090 g/mol. The van der Waals surface area contributed by atoms with E-state index in [1.54, 1.807) is 6.08 Å². The zero-order valence-electron chi connectivity index (χ0n) is 52.4. The second kappa shape index (κ2) is 67.3. The molecule has 6 heteroatoms. The minimum atomic E-state index is -0.847. The highest BCUT2D eigenvalue weighted by Gasteiger charge is 2.18. The number of nitrogens with one attached hydrogen (secondary N) is 1. The number of ether oxygens (including phenoxy) is 1. The summed E-state index contributed by atoms with van der Waals surface area (Å²) in [6.45, 7) is 4.92. The van der Waals surface area contributed by atoms with Crippen LogP contribution in [0.4, 0.5) is 0 Å². The number of esters is 1. The number of hydrogen-bond donors (Lipinski definition) is 3. The first-order valence-corrected chi connectivity index (χ1v) is 34.9. The van der Waals surface area contributed by atoms with Crippen LogP contribution in [-0.2, 0) is 14.3 Å². The maximum atomic E-state index is 12.5. The van der Waals surface area contributed by atoms with Gasteiger partial charge in [0.15, 0.2) is 0 Å². The number of aliphatic hydroxyl groups is 2. The van der Waals surface area contributed by atoms with Gasteiger partial charge >= 0.3 is 5.97 Å². The Balaban J connectivity index is 3.43. The molecule has 0 spiro atoms. The van der Waals surface area contributed by atoms with Gasteiger partial charge in [0.25, 0.3) is 0 Å². The molecule has 1 amide bonds. The summed E-state index contributed by atoms with van der Waals surface area (Å²) in [6.07, 6.45) is 87.5. The number of rotatable bonds is 65. The highest BCUT2D eigenvalue weighted by atomic mass is 16.5. The molecule has 78 heavy (non-hydrogen) atoms. The maximum absolute atomic E-state index is 12.5. The minimum absolute atomic E-state index is 0.00748. The molecule has 0 radical (unpaired) electrons. The molecular weight excluding hydrogens is 959 g/mol. The van der Waals surface area contributed by atoms with Crippen LogP contribution >= 0.6 is 0 Å². The lowest BCUT2D eigenvalue weighted by Gasteiger charge is -2.20. The van der Waals surface area contributed by atoms with E-state index in [1.165, 1.54) is 295 Å². The van der Waals surface area contributed by atoms with E-state index in [-0.39, 0.29) is 18.5 Å². The lowest BCUT2D eigenvalue weighted by molar-refractivity contribution is -0.143. The van der Waals surface area contributed by atoms with Gasteiger partial charge in [0.05, 0.1) is 25.4 Å². The van der Waals surface area contributed by atoms with E-state index in [9.17, 15) is 19.8 Å². The molecule has 0 aliphatic heterocycles. The topological polar surface area (TPSA) is 95.9 Å². The molecule has 0 aliphatic carbocycles. The molecule has 3 N–H and O–H groups in total. The molecule has 0 aromatic rings. The van der Waals surface area contributed by atoms with E-state index in [0.29, 0.717) is 19.4 Å². The van der Waals surface area contributed by atoms with E-state index >= 15 is 0 Å². The lowest BCUT2D eigenvalue weighted by Crippen LogP contribution is -2.45. The third kappa shape index (κ3) is 63.0. The van der Waals surface area contributed by atoms with E-state index < -0.39 is 12.1 Å². The average molecular weight is 1090 g/mol. The van der Waals surface area contributed by atoms with E-state index in [0.717, 1.165) is 51.4 Å². The van der Waals surface area contributed by atoms with Crippen LogP contribution in [0.25, 0.3) is 0 Å². The van der Waals surface area contributed by atoms with Gasteiger partial charge in [-0.05, 0) is 89.9 Å². The molecule has 0 saturated carbocycles. The molecule has 0 fully saturated rings. The number of hydrogen-bond acceptors (Lipinski definition) is 5. The fourth-order valence-electron chi connectivity index (χ4n) is 10.7. The van der Waals surface area contributed by atoms with Crippen molar-refractivity contribution in [3.63, 3.8) is 0 Å². The highest BCUT2D eigenvalue weighted by molar-refractivity contribution is 5.76. The second-order valence-corrected chi connectivity index (χ2v) is 23.9. The number of carbonyl (C=O) groups excluding carboxylic acids is 2. The van der Waals surface area contributed by atoms with Crippen LogP contribution in [0.5, 0.6) is 0 Å². The van der Waals surface area contributed by atoms with Gasteiger partial charge in [-0.1, -0.05) is 319 Å². The molecule has 0 rings (SSSR count). The molecule has 0 aliphatic rings. The van der Waals surface area contributed by atoms with Gasteiger partial charge in [-0.15, -0.1) is 0 Å². The van der Waals surface area contributed by atoms with Crippen molar-refractivity contribution < 1.29 is 24.5 Å². The van der Waals surface area contributed by atoms with E-state index in [4.69, 9.17) is 4.74 Å². The smallest absolute Gasteiger partial charge is 0.305 e. The minimum Gasteiger partial charge on any atom is -0.466 e. The number of unbranched alkanes of at least 4 members (excludes halogenated alkanes) is 48. The number of aliphatic hydroxyl groups excluding tert-OH is 2. The SMILES string of the molecule is CCCCCCCCC/C=C\CCCCCCCCCC(=O)OCCCCCCCCCCC/C=C\C/C=C\CCCCCCCCCCCCCC(=O)NC(CO)C(O)/C=C/CCCCCCCCCCCCCCCC. The molecule has 458 valence electrons. The van der Waals surface area contributed by atoms with Crippen molar-refractivity contribution in [2.45, 2.75) is 386 Å². The second-order valence-electron chi connectivity index (χ2n) is 23.9. The molecule has 6 nitrogen and oxygen atoms in total. The van der Waals surface area contributed by atoms with Gasteiger partial charge in [0.2, 0.25) is 5.91 Å². The van der Waals surface area contributed by atoms with Gasteiger partial charge in [-0.3, -0.25) is 9.59 Å². The Morgan fingerprint density at radius 1 is 0.359 bits per heavy atom. The zero-order chi connectivity index (χ0) is 56.4. The molecule has 0 aromatic carbocycles. The number of carbonyl (C=O) groups is 2. The van der Waals surface area contributed by atoms with Crippen LogP contribution < -0.4 is 5.32 Å². The van der Waals surface area contributed by atoms with Crippen LogP contribution in [-0.4, -0.2) is 47.4 Å². The fourth-order valence-corrected chi connectivity index (χ4v) is 10.7. The van der Waals surface area contributed by atoms with Crippen molar-refractivity contribution in [2.75, 3.05) is 13.2 Å². The summed E-state index contributed by atoms with van der Waals surface area (Å²) in [4.78, 5) is 24.6. The van der Waals surface area contributed by atoms with E-state index in [2.05, 4.69) is 55.6 Å². The third-order valence-electron chi connectivity index (χ3n) is 16.1. The Morgan fingerprint density at radius 2 is 0.641 bits per heavy atom. The summed E-state index contributed by atoms with van der Waals surface area (Å²) in [6, 6.07) is -0.631. The van der Waals surface area contributed by atoms with Crippen molar-refractivity contribution in [1.29, 1.82) is 0 Å². The van der Waals surface area contributed by atoms with Crippen LogP contribution in [0.15, 0.2) is 48.6 Å². The largest absolute Gasteiger partial charge is 0.466 e.